The standard InChI is InChI=1S/C11H6F3NO2S/c12-11(13,14)17-9-3-1-2-7(4-9)10-15-8(5-16)6-18-10/h1-6H. The fourth-order valence-corrected chi connectivity index (χ4v) is 2.06. The molecule has 0 saturated heterocycles. The number of aldehydes is 1. The van der Waals surface area contributed by atoms with E-state index in [0.29, 0.717) is 16.9 Å². The van der Waals surface area contributed by atoms with E-state index in [4.69, 9.17) is 0 Å². The molecular weight excluding hydrogens is 267 g/mol. The van der Waals surface area contributed by atoms with Crippen LogP contribution in [-0.2, 0) is 0 Å². The van der Waals surface area contributed by atoms with E-state index in [2.05, 4.69) is 9.72 Å². The summed E-state index contributed by atoms with van der Waals surface area (Å²) in [4.78, 5) is 14.4. The normalized spacial score (nSPS) is 11.3. The summed E-state index contributed by atoms with van der Waals surface area (Å²) in [5.41, 5.74) is 0.715. The van der Waals surface area contributed by atoms with E-state index in [1.165, 1.54) is 34.9 Å². The van der Waals surface area contributed by atoms with Crippen molar-refractivity contribution in [2.24, 2.45) is 0 Å². The lowest BCUT2D eigenvalue weighted by Gasteiger charge is -2.09. The molecule has 2 rings (SSSR count). The van der Waals surface area contributed by atoms with Crippen molar-refractivity contribution in [2.75, 3.05) is 0 Å². The van der Waals surface area contributed by atoms with Crippen LogP contribution in [0.4, 0.5) is 13.2 Å². The number of nitrogens with zero attached hydrogens (tertiary/aromatic N) is 1. The molecular formula is C11H6F3NO2S. The van der Waals surface area contributed by atoms with Gasteiger partial charge in [0.2, 0.25) is 0 Å². The molecule has 2 aromatic rings. The summed E-state index contributed by atoms with van der Waals surface area (Å²) in [5.74, 6) is -0.317. The van der Waals surface area contributed by atoms with Crippen molar-refractivity contribution in [1.29, 1.82) is 0 Å². The number of benzene rings is 1. The zero-order chi connectivity index (χ0) is 13.2. The maximum absolute atomic E-state index is 12.1. The Hall–Kier alpha value is -1.89. The van der Waals surface area contributed by atoms with Crippen molar-refractivity contribution in [2.45, 2.75) is 6.36 Å². The predicted octanol–water partition coefficient (Wildman–Crippen LogP) is 3.52. The molecule has 0 radical (unpaired) electrons. The molecule has 18 heavy (non-hydrogen) atoms. The Morgan fingerprint density at radius 3 is 2.72 bits per heavy atom. The number of rotatable bonds is 3. The lowest BCUT2D eigenvalue weighted by molar-refractivity contribution is -0.274. The number of carbonyl (C=O) groups is 1. The maximum Gasteiger partial charge on any atom is 0.573 e. The van der Waals surface area contributed by atoms with Crippen LogP contribution in [0.25, 0.3) is 10.6 Å². The van der Waals surface area contributed by atoms with Crippen molar-refractivity contribution in [3.05, 3.63) is 35.3 Å². The highest BCUT2D eigenvalue weighted by Gasteiger charge is 2.31. The van der Waals surface area contributed by atoms with Crippen LogP contribution in [-0.4, -0.2) is 17.6 Å². The van der Waals surface area contributed by atoms with Gasteiger partial charge in [-0.2, -0.15) is 0 Å². The molecule has 0 aliphatic rings. The lowest BCUT2D eigenvalue weighted by Crippen LogP contribution is -2.17. The number of halogens is 3. The molecule has 0 N–H and O–H groups in total. The van der Waals surface area contributed by atoms with Crippen molar-refractivity contribution in [3.63, 3.8) is 0 Å². The van der Waals surface area contributed by atoms with E-state index >= 15 is 0 Å². The minimum atomic E-state index is -4.73. The Balaban J connectivity index is 2.29. The first-order valence-corrected chi connectivity index (χ1v) is 5.63. The number of alkyl halides is 3. The van der Waals surface area contributed by atoms with Crippen LogP contribution in [0.1, 0.15) is 10.5 Å². The summed E-state index contributed by atoms with van der Waals surface area (Å²) in [6.45, 7) is 0. The Morgan fingerprint density at radius 1 is 1.33 bits per heavy atom. The summed E-state index contributed by atoms with van der Waals surface area (Å²) in [6.07, 6.45) is -4.15. The summed E-state index contributed by atoms with van der Waals surface area (Å²) in [5, 5.41) is 1.99. The summed E-state index contributed by atoms with van der Waals surface area (Å²) in [7, 11) is 0. The van der Waals surface area contributed by atoms with Gasteiger partial charge in [0.1, 0.15) is 16.5 Å². The van der Waals surface area contributed by atoms with Gasteiger partial charge in [0.25, 0.3) is 0 Å². The molecule has 1 aromatic heterocycles. The number of aromatic nitrogens is 1. The fraction of sp³-hybridized carbons (Fsp3) is 0.0909. The molecule has 94 valence electrons. The van der Waals surface area contributed by atoms with Gasteiger partial charge in [0.05, 0.1) is 0 Å². The van der Waals surface area contributed by atoms with E-state index < -0.39 is 6.36 Å². The maximum atomic E-state index is 12.1. The summed E-state index contributed by atoms with van der Waals surface area (Å²) in [6, 6.07) is 5.45. The third kappa shape index (κ3) is 3.07. The predicted molar refractivity (Wildman–Crippen MR) is 59.6 cm³/mol. The third-order valence-corrected chi connectivity index (χ3v) is 2.87. The van der Waals surface area contributed by atoms with E-state index in [1.807, 2.05) is 0 Å². The van der Waals surface area contributed by atoms with Crippen LogP contribution >= 0.6 is 11.3 Å². The topological polar surface area (TPSA) is 39.2 Å². The molecule has 0 aliphatic heterocycles. The number of ether oxygens (including phenoxy) is 1. The van der Waals surface area contributed by atoms with E-state index in [-0.39, 0.29) is 11.4 Å². The van der Waals surface area contributed by atoms with Crippen molar-refractivity contribution in [1.82, 2.24) is 4.98 Å². The van der Waals surface area contributed by atoms with E-state index in [0.717, 1.165) is 0 Å². The molecule has 1 aromatic carbocycles. The highest BCUT2D eigenvalue weighted by Crippen LogP contribution is 2.29. The van der Waals surface area contributed by atoms with Crippen LogP contribution in [0.2, 0.25) is 0 Å². The van der Waals surface area contributed by atoms with Gasteiger partial charge in [-0.3, -0.25) is 4.79 Å². The number of hydrogen-bond acceptors (Lipinski definition) is 4. The minimum Gasteiger partial charge on any atom is -0.406 e. The first-order valence-electron chi connectivity index (χ1n) is 4.75. The molecule has 0 unspecified atom stereocenters. The quantitative estimate of drug-likeness (QED) is 0.803. The van der Waals surface area contributed by atoms with Crippen LogP contribution in [0.15, 0.2) is 29.6 Å². The van der Waals surface area contributed by atoms with Gasteiger partial charge in [0.15, 0.2) is 6.29 Å². The van der Waals surface area contributed by atoms with Crippen LogP contribution in [0, 0.1) is 0 Å². The molecule has 0 fully saturated rings. The molecule has 0 amide bonds. The molecule has 0 atom stereocenters. The van der Waals surface area contributed by atoms with Crippen LogP contribution < -0.4 is 4.74 Å². The van der Waals surface area contributed by atoms with E-state index in [9.17, 15) is 18.0 Å². The Morgan fingerprint density at radius 2 is 2.11 bits per heavy atom. The second-order valence-electron chi connectivity index (χ2n) is 3.27. The zero-order valence-corrected chi connectivity index (χ0v) is 9.59. The van der Waals surface area contributed by atoms with Gasteiger partial charge in [-0.05, 0) is 12.1 Å². The monoisotopic (exact) mass is 273 g/mol. The number of thiazole rings is 1. The summed E-state index contributed by atoms with van der Waals surface area (Å²) < 4.78 is 40.0. The van der Waals surface area contributed by atoms with Gasteiger partial charge in [-0.25, -0.2) is 4.98 Å². The van der Waals surface area contributed by atoms with Crippen LogP contribution in [0.5, 0.6) is 5.75 Å². The van der Waals surface area contributed by atoms with Gasteiger partial charge >= 0.3 is 6.36 Å². The Labute approximate surface area is 104 Å². The highest BCUT2D eigenvalue weighted by atomic mass is 32.1. The van der Waals surface area contributed by atoms with Crippen molar-refractivity contribution in [3.8, 4) is 16.3 Å². The molecule has 0 spiro atoms. The fourth-order valence-electron chi connectivity index (χ4n) is 1.30. The first kappa shape index (κ1) is 12.6. The minimum absolute atomic E-state index is 0.247. The Bertz CT molecular complexity index is 565. The molecule has 1 heterocycles. The largest absolute Gasteiger partial charge is 0.573 e. The highest BCUT2D eigenvalue weighted by molar-refractivity contribution is 7.13. The lowest BCUT2D eigenvalue weighted by atomic mass is 10.2. The van der Waals surface area contributed by atoms with Gasteiger partial charge in [-0.1, -0.05) is 12.1 Å². The smallest absolute Gasteiger partial charge is 0.406 e. The Kier molecular flexibility index (Phi) is 3.33. The zero-order valence-electron chi connectivity index (χ0n) is 8.77. The van der Waals surface area contributed by atoms with Gasteiger partial charge in [-0.15, -0.1) is 24.5 Å². The molecule has 3 nitrogen and oxygen atoms in total. The average molecular weight is 273 g/mol. The molecule has 0 bridgehead atoms. The second-order valence-corrected chi connectivity index (χ2v) is 4.13. The van der Waals surface area contributed by atoms with Crippen LogP contribution in [0.3, 0.4) is 0 Å². The van der Waals surface area contributed by atoms with Crippen molar-refractivity contribution >= 4 is 17.6 Å². The molecule has 0 aliphatic carbocycles. The number of carbonyl (C=O) groups excluding carboxylic acids is 1. The first-order chi connectivity index (χ1) is 8.48. The van der Waals surface area contributed by atoms with Gasteiger partial charge < -0.3 is 4.74 Å². The molecule has 7 heteroatoms. The SMILES string of the molecule is O=Cc1csc(-c2cccc(OC(F)(F)F)c2)n1. The summed E-state index contributed by atoms with van der Waals surface area (Å²) >= 11 is 1.17. The molecule has 0 saturated carbocycles. The number of hydrogen-bond donors (Lipinski definition) is 0. The van der Waals surface area contributed by atoms with Gasteiger partial charge in [0, 0.05) is 10.9 Å². The van der Waals surface area contributed by atoms with Crippen molar-refractivity contribution < 1.29 is 22.7 Å². The third-order valence-electron chi connectivity index (χ3n) is 1.96. The van der Waals surface area contributed by atoms with E-state index in [1.54, 1.807) is 6.07 Å². The second kappa shape index (κ2) is 4.77. The average Bonchev–Trinajstić information content (AvgIpc) is 2.75.